The summed E-state index contributed by atoms with van der Waals surface area (Å²) in [7, 11) is 0. The van der Waals surface area contributed by atoms with Gasteiger partial charge in [-0.2, -0.15) is 18.3 Å². The summed E-state index contributed by atoms with van der Waals surface area (Å²) in [6.45, 7) is 3.87. The van der Waals surface area contributed by atoms with Gasteiger partial charge >= 0.3 is 12.1 Å². The lowest BCUT2D eigenvalue weighted by molar-refractivity contribution is -0.137. The first-order valence-corrected chi connectivity index (χ1v) is 10.2. The molecule has 1 aliphatic heterocycles. The molecule has 1 amide bonds. The van der Waals surface area contributed by atoms with Crippen LogP contribution in [0.3, 0.4) is 0 Å². The van der Waals surface area contributed by atoms with Crippen LogP contribution in [0.5, 0.6) is 0 Å². The monoisotopic (exact) mass is 444 g/mol. The summed E-state index contributed by atoms with van der Waals surface area (Å²) in [5, 5.41) is 15.4. The van der Waals surface area contributed by atoms with Gasteiger partial charge in [-0.15, -0.1) is 0 Å². The Labute approximate surface area is 183 Å². The summed E-state index contributed by atoms with van der Waals surface area (Å²) in [5.74, 6) is -2.30. The molecule has 0 saturated carbocycles. The van der Waals surface area contributed by atoms with Crippen molar-refractivity contribution in [2.45, 2.75) is 39.3 Å². The Hall–Kier alpha value is -3.42. The SMILES string of the molecule is CCCC1=NN(c2ccc(C)cc2)C(=O)C1C/C(=C/c1ccc(C(F)(F)F)cc1)C(=O)O. The van der Waals surface area contributed by atoms with Gasteiger partial charge in [-0.05, 0) is 55.7 Å². The third-order valence-electron chi connectivity index (χ3n) is 5.20. The van der Waals surface area contributed by atoms with E-state index in [0.29, 0.717) is 23.4 Å². The Balaban J connectivity index is 1.88. The quantitative estimate of drug-likeness (QED) is 0.558. The lowest BCUT2D eigenvalue weighted by atomic mass is 9.91. The standard InChI is InChI=1S/C24H23F3N2O3/c1-3-4-21-20(22(30)29(28-21)19-11-5-15(2)6-12-19)14-17(23(31)32)13-16-7-9-18(10-8-16)24(25,26)27/h5-13,20H,3-4,14H2,1-2H3,(H,31,32)/b17-13-. The van der Waals surface area contributed by atoms with Gasteiger partial charge in [-0.1, -0.05) is 43.2 Å². The van der Waals surface area contributed by atoms with Crippen LogP contribution in [0.1, 0.15) is 42.9 Å². The minimum absolute atomic E-state index is 0.0716. The molecular formula is C24H23F3N2O3. The molecule has 1 heterocycles. The van der Waals surface area contributed by atoms with E-state index < -0.39 is 23.6 Å². The fraction of sp³-hybridized carbons (Fsp3) is 0.292. The smallest absolute Gasteiger partial charge is 0.416 e. The van der Waals surface area contributed by atoms with E-state index in [-0.39, 0.29) is 17.9 Å². The topological polar surface area (TPSA) is 70.0 Å². The molecule has 0 aliphatic carbocycles. The molecule has 8 heteroatoms. The van der Waals surface area contributed by atoms with Crippen molar-refractivity contribution in [3.8, 4) is 0 Å². The van der Waals surface area contributed by atoms with Crippen molar-refractivity contribution in [1.82, 2.24) is 0 Å². The number of alkyl halides is 3. The van der Waals surface area contributed by atoms with E-state index in [2.05, 4.69) is 5.10 Å². The van der Waals surface area contributed by atoms with Crippen LogP contribution < -0.4 is 5.01 Å². The number of hydrogen-bond acceptors (Lipinski definition) is 3. The lowest BCUT2D eigenvalue weighted by Crippen LogP contribution is -2.28. The zero-order chi connectivity index (χ0) is 23.5. The van der Waals surface area contributed by atoms with Crippen LogP contribution in [0.4, 0.5) is 18.9 Å². The zero-order valence-corrected chi connectivity index (χ0v) is 17.7. The normalized spacial score (nSPS) is 17.0. The lowest BCUT2D eigenvalue weighted by Gasteiger charge is -2.15. The minimum atomic E-state index is -4.47. The third kappa shape index (κ3) is 5.25. The maximum atomic E-state index is 13.1. The van der Waals surface area contributed by atoms with E-state index >= 15 is 0 Å². The van der Waals surface area contributed by atoms with Crippen LogP contribution in [0, 0.1) is 12.8 Å². The van der Waals surface area contributed by atoms with Crippen molar-refractivity contribution in [2.75, 3.05) is 5.01 Å². The number of anilines is 1. The number of carbonyl (C=O) groups is 2. The van der Waals surface area contributed by atoms with Crippen molar-refractivity contribution in [3.63, 3.8) is 0 Å². The molecule has 0 spiro atoms. The van der Waals surface area contributed by atoms with Crippen LogP contribution in [0.25, 0.3) is 6.08 Å². The second-order valence-electron chi connectivity index (χ2n) is 7.68. The first-order valence-electron chi connectivity index (χ1n) is 10.2. The summed E-state index contributed by atoms with van der Waals surface area (Å²) in [5.41, 5.74) is 1.65. The highest BCUT2D eigenvalue weighted by atomic mass is 19.4. The van der Waals surface area contributed by atoms with E-state index in [1.54, 1.807) is 12.1 Å². The number of amides is 1. The number of rotatable bonds is 7. The summed E-state index contributed by atoms with van der Waals surface area (Å²) in [4.78, 5) is 25.0. The molecule has 0 radical (unpaired) electrons. The molecule has 32 heavy (non-hydrogen) atoms. The second kappa shape index (κ2) is 9.38. The first-order chi connectivity index (χ1) is 15.1. The largest absolute Gasteiger partial charge is 0.478 e. The van der Waals surface area contributed by atoms with Gasteiger partial charge in [0, 0.05) is 5.57 Å². The number of hydrogen-bond donors (Lipinski definition) is 1. The Morgan fingerprint density at radius 3 is 2.28 bits per heavy atom. The fourth-order valence-corrected chi connectivity index (χ4v) is 3.49. The average Bonchev–Trinajstić information content (AvgIpc) is 3.03. The van der Waals surface area contributed by atoms with Gasteiger partial charge in [-0.25, -0.2) is 9.80 Å². The molecule has 1 unspecified atom stereocenters. The number of aliphatic carboxylic acids is 1. The number of halogens is 3. The highest BCUT2D eigenvalue weighted by Crippen LogP contribution is 2.32. The molecule has 0 aromatic heterocycles. The summed E-state index contributed by atoms with van der Waals surface area (Å²) in [6.07, 6.45) is -2.01. The van der Waals surface area contributed by atoms with Gasteiger partial charge in [0.25, 0.3) is 5.91 Å². The molecule has 1 atom stereocenters. The van der Waals surface area contributed by atoms with Crippen LogP contribution >= 0.6 is 0 Å². The molecule has 1 N–H and O–H groups in total. The van der Waals surface area contributed by atoms with Crippen molar-refractivity contribution in [3.05, 3.63) is 70.8 Å². The van der Waals surface area contributed by atoms with Gasteiger partial charge < -0.3 is 5.11 Å². The predicted octanol–water partition coefficient (Wildman–Crippen LogP) is 5.69. The van der Waals surface area contributed by atoms with Gasteiger partial charge in [-0.3, -0.25) is 4.79 Å². The molecule has 2 aromatic rings. The first kappa shape index (κ1) is 23.2. The predicted molar refractivity (Wildman–Crippen MR) is 116 cm³/mol. The Morgan fingerprint density at radius 2 is 1.75 bits per heavy atom. The number of hydrazone groups is 1. The third-order valence-corrected chi connectivity index (χ3v) is 5.20. The maximum absolute atomic E-state index is 13.1. The highest BCUT2D eigenvalue weighted by molar-refractivity contribution is 6.16. The number of carboxylic acids is 1. The van der Waals surface area contributed by atoms with Crippen LogP contribution in [0.2, 0.25) is 0 Å². The van der Waals surface area contributed by atoms with Crippen molar-refractivity contribution < 1.29 is 27.9 Å². The summed E-state index contributed by atoms with van der Waals surface area (Å²) < 4.78 is 38.3. The van der Waals surface area contributed by atoms with Crippen molar-refractivity contribution in [1.29, 1.82) is 0 Å². The number of nitrogens with zero attached hydrogens (tertiary/aromatic N) is 2. The Bertz CT molecular complexity index is 1060. The summed E-state index contributed by atoms with van der Waals surface area (Å²) >= 11 is 0. The molecule has 168 valence electrons. The van der Waals surface area contributed by atoms with Gasteiger partial charge in [0.15, 0.2) is 0 Å². The number of carboxylic acid groups (broad SMARTS) is 1. The van der Waals surface area contributed by atoms with Crippen LogP contribution in [0.15, 0.2) is 59.2 Å². The van der Waals surface area contributed by atoms with Gasteiger partial charge in [0.1, 0.15) is 0 Å². The minimum Gasteiger partial charge on any atom is -0.478 e. The van der Waals surface area contributed by atoms with E-state index in [9.17, 15) is 27.9 Å². The number of aryl methyl sites for hydroxylation is 1. The molecule has 2 aromatic carbocycles. The Kier molecular flexibility index (Phi) is 6.81. The molecule has 5 nitrogen and oxygen atoms in total. The van der Waals surface area contributed by atoms with Gasteiger partial charge in [0.05, 0.1) is 22.9 Å². The highest BCUT2D eigenvalue weighted by Gasteiger charge is 2.37. The van der Waals surface area contributed by atoms with Crippen LogP contribution in [-0.2, 0) is 15.8 Å². The zero-order valence-electron chi connectivity index (χ0n) is 17.7. The van der Waals surface area contributed by atoms with E-state index in [0.717, 1.165) is 24.1 Å². The number of benzene rings is 2. The fourth-order valence-electron chi connectivity index (χ4n) is 3.49. The molecule has 0 saturated heterocycles. The van der Waals surface area contributed by atoms with E-state index in [1.807, 2.05) is 26.0 Å². The number of carbonyl (C=O) groups excluding carboxylic acids is 1. The molecule has 0 bridgehead atoms. The molecule has 0 fully saturated rings. The average molecular weight is 444 g/mol. The molecule has 3 rings (SSSR count). The Morgan fingerprint density at radius 1 is 1.12 bits per heavy atom. The van der Waals surface area contributed by atoms with Gasteiger partial charge in [0.2, 0.25) is 0 Å². The summed E-state index contributed by atoms with van der Waals surface area (Å²) in [6, 6.07) is 11.5. The molecule has 1 aliphatic rings. The van der Waals surface area contributed by atoms with Crippen LogP contribution in [-0.4, -0.2) is 22.7 Å². The maximum Gasteiger partial charge on any atom is 0.416 e. The van der Waals surface area contributed by atoms with Crippen molar-refractivity contribution in [2.24, 2.45) is 11.0 Å². The van der Waals surface area contributed by atoms with E-state index in [1.165, 1.54) is 23.2 Å². The van der Waals surface area contributed by atoms with E-state index in [4.69, 9.17) is 0 Å². The van der Waals surface area contributed by atoms with Crippen molar-refractivity contribution >= 4 is 29.4 Å². The second-order valence-corrected chi connectivity index (χ2v) is 7.68. The molecular weight excluding hydrogens is 421 g/mol.